The predicted molar refractivity (Wildman–Crippen MR) is 171 cm³/mol. The highest BCUT2D eigenvalue weighted by atomic mass is 35.5. The van der Waals surface area contributed by atoms with Gasteiger partial charge < -0.3 is 33.5 Å². The van der Waals surface area contributed by atoms with Gasteiger partial charge in [-0.3, -0.25) is 0 Å². The van der Waals surface area contributed by atoms with Gasteiger partial charge in [0.05, 0.1) is 16.7 Å². The van der Waals surface area contributed by atoms with Crippen LogP contribution in [0.5, 0.6) is 6.01 Å². The predicted octanol–water partition coefficient (Wildman–Crippen LogP) is 4.89. The summed E-state index contributed by atoms with van der Waals surface area (Å²) in [6.07, 6.45) is 2.81. The molecule has 1 aliphatic carbocycles. The Bertz CT molecular complexity index is 1350. The summed E-state index contributed by atoms with van der Waals surface area (Å²) in [7, 11) is 3.54. The molecule has 1 saturated carbocycles. The zero-order valence-corrected chi connectivity index (χ0v) is 28.1. The second kappa shape index (κ2) is 11.5. The summed E-state index contributed by atoms with van der Waals surface area (Å²) >= 11 is 6.93. The molecule has 12 heteroatoms. The summed E-state index contributed by atoms with van der Waals surface area (Å²) in [4.78, 5) is 28.9. The van der Waals surface area contributed by atoms with Crippen molar-refractivity contribution in [1.29, 1.82) is 0 Å². The number of nitrogens with zero attached hydrogens (tertiary/aromatic N) is 5. The molecular weight excluding hydrogens is 569 g/mol. The maximum absolute atomic E-state index is 12.8. The molecule has 0 bridgehead atoms. The number of halogens is 1. The van der Waals surface area contributed by atoms with Crippen LogP contribution in [0, 0.1) is 0 Å². The number of carbonyl (C=O) groups excluding carboxylic acids is 1. The molecule has 3 aliphatic rings. The first-order valence-corrected chi connectivity index (χ1v) is 15.8. The van der Waals surface area contributed by atoms with Crippen LogP contribution in [0.1, 0.15) is 74.7 Å². The standard InChI is InChI=1S/C31H47BClN5O5/c1-19-18-37(28(39)41-29(2,3)4)14-15-38(19)26-20-16-22(33)21(32-42-30(5,6)31(7,8)43-32)17-23(20)34-27(35-26)40-25-13-11-12-24(25)36(9)10/h16-17,19,24-25H,11-15,18H2,1-10H3/t19-,24?,25?/m0/s1. The Labute approximate surface area is 261 Å². The van der Waals surface area contributed by atoms with Crippen molar-refractivity contribution in [1.82, 2.24) is 19.8 Å². The van der Waals surface area contributed by atoms with Crippen LogP contribution in [0.2, 0.25) is 5.02 Å². The van der Waals surface area contributed by atoms with Gasteiger partial charge in [-0.1, -0.05) is 11.6 Å². The molecule has 0 radical (unpaired) electrons. The van der Waals surface area contributed by atoms with Crippen LogP contribution in [-0.4, -0.2) is 102 Å². The van der Waals surface area contributed by atoms with Crippen LogP contribution in [-0.2, 0) is 14.0 Å². The average Bonchev–Trinajstić information content (AvgIpc) is 3.43. The third-order valence-corrected chi connectivity index (χ3v) is 9.50. The van der Waals surface area contributed by atoms with Gasteiger partial charge >= 0.3 is 19.2 Å². The van der Waals surface area contributed by atoms with E-state index in [2.05, 4.69) is 30.8 Å². The van der Waals surface area contributed by atoms with Crippen molar-refractivity contribution in [3.05, 3.63) is 17.2 Å². The third-order valence-electron chi connectivity index (χ3n) is 9.17. The molecule has 2 aliphatic heterocycles. The minimum atomic E-state index is -0.631. The van der Waals surface area contributed by atoms with Crippen molar-refractivity contribution in [2.75, 3.05) is 38.6 Å². The summed E-state index contributed by atoms with van der Waals surface area (Å²) in [6, 6.07) is 4.45. The minimum absolute atomic E-state index is 0.00314. The van der Waals surface area contributed by atoms with Crippen molar-refractivity contribution in [3.8, 4) is 6.01 Å². The van der Waals surface area contributed by atoms with Crippen molar-refractivity contribution >= 4 is 47.0 Å². The fourth-order valence-corrected chi connectivity index (χ4v) is 6.34. The SMILES string of the molecule is C[C@H]1CN(C(=O)OC(C)(C)C)CCN1c1nc(OC2CCCC2N(C)C)nc2cc(B3OC(C)(C)C(C)(C)O3)c(Cl)cc12. The largest absolute Gasteiger partial charge is 0.496 e. The highest BCUT2D eigenvalue weighted by Gasteiger charge is 2.52. The fourth-order valence-electron chi connectivity index (χ4n) is 6.09. The van der Waals surface area contributed by atoms with E-state index in [-0.39, 0.29) is 18.2 Å². The average molecular weight is 616 g/mol. The molecule has 3 heterocycles. The maximum Gasteiger partial charge on any atom is 0.496 e. The molecule has 2 aromatic rings. The normalized spacial score (nSPS) is 25.6. The fraction of sp³-hybridized carbons (Fsp3) is 0.710. The molecule has 2 unspecified atom stereocenters. The Hall–Kier alpha value is -2.34. The molecule has 236 valence electrons. The molecule has 1 aromatic heterocycles. The number of hydrogen-bond donors (Lipinski definition) is 0. The maximum atomic E-state index is 12.8. The van der Waals surface area contributed by atoms with E-state index >= 15 is 0 Å². The number of likely N-dealkylation sites (N-methyl/N-ethyl adjacent to an activating group) is 1. The Morgan fingerprint density at radius 1 is 1.09 bits per heavy atom. The Morgan fingerprint density at radius 3 is 2.37 bits per heavy atom. The molecule has 3 atom stereocenters. The molecular formula is C31H47BClN5O5. The number of rotatable bonds is 5. The lowest BCUT2D eigenvalue weighted by Crippen LogP contribution is -2.55. The van der Waals surface area contributed by atoms with Crippen molar-refractivity contribution in [3.63, 3.8) is 0 Å². The van der Waals surface area contributed by atoms with E-state index in [0.717, 1.165) is 35.9 Å². The number of piperazine rings is 1. The third kappa shape index (κ3) is 6.55. The monoisotopic (exact) mass is 615 g/mol. The Kier molecular flexibility index (Phi) is 8.61. The number of benzene rings is 1. The number of fused-ring (bicyclic) bond motifs is 1. The van der Waals surface area contributed by atoms with E-state index in [9.17, 15) is 4.79 Å². The summed E-state index contributed by atoms with van der Waals surface area (Å²) < 4.78 is 24.9. The summed E-state index contributed by atoms with van der Waals surface area (Å²) in [5.41, 5.74) is -0.140. The molecule has 1 amide bonds. The van der Waals surface area contributed by atoms with Gasteiger partial charge in [-0.05, 0) is 101 Å². The van der Waals surface area contributed by atoms with Crippen LogP contribution in [0.3, 0.4) is 0 Å². The van der Waals surface area contributed by atoms with Gasteiger partial charge in [0.1, 0.15) is 17.5 Å². The van der Waals surface area contributed by atoms with Gasteiger partial charge in [-0.15, -0.1) is 0 Å². The molecule has 0 N–H and O–H groups in total. The van der Waals surface area contributed by atoms with Crippen LogP contribution in [0.15, 0.2) is 12.1 Å². The molecule has 2 saturated heterocycles. The zero-order chi connectivity index (χ0) is 31.5. The summed E-state index contributed by atoms with van der Waals surface area (Å²) in [6.45, 7) is 17.4. The van der Waals surface area contributed by atoms with E-state index < -0.39 is 23.9 Å². The number of hydrogen-bond acceptors (Lipinski definition) is 9. The second-order valence-corrected chi connectivity index (χ2v) is 14.8. The Morgan fingerprint density at radius 2 is 1.77 bits per heavy atom. The van der Waals surface area contributed by atoms with E-state index in [4.69, 9.17) is 40.4 Å². The van der Waals surface area contributed by atoms with Gasteiger partial charge in [-0.25, -0.2) is 4.79 Å². The van der Waals surface area contributed by atoms with Gasteiger partial charge in [-0.2, -0.15) is 9.97 Å². The van der Waals surface area contributed by atoms with Crippen LogP contribution in [0.25, 0.3) is 10.9 Å². The number of aromatic nitrogens is 2. The topological polar surface area (TPSA) is 89.5 Å². The lowest BCUT2D eigenvalue weighted by molar-refractivity contribution is 0.00578. The highest BCUT2D eigenvalue weighted by Crippen LogP contribution is 2.38. The van der Waals surface area contributed by atoms with Gasteiger partial charge in [0.25, 0.3) is 0 Å². The van der Waals surface area contributed by atoms with Crippen LogP contribution in [0.4, 0.5) is 10.6 Å². The first-order chi connectivity index (χ1) is 20.0. The molecule has 1 aromatic carbocycles. The highest BCUT2D eigenvalue weighted by molar-refractivity contribution is 6.66. The van der Waals surface area contributed by atoms with Crippen LogP contribution >= 0.6 is 11.6 Å². The van der Waals surface area contributed by atoms with Crippen molar-refractivity contribution < 1.29 is 23.6 Å². The molecule has 0 spiro atoms. The number of ether oxygens (including phenoxy) is 2. The second-order valence-electron chi connectivity index (χ2n) is 14.4. The zero-order valence-electron chi connectivity index (χ0n) is 27.4. The first kappa shape index (κ1) is 32.1. The first-order valence-electron chi connectivity index (χ1n) is 15.4. The number of amides is 1. The van der Waals surface area contributed by atoms with Gasteiger partial charge in [0, 0.05) is 47.6 Å². The smallest absolute Gasteiger partial charge is 0.458 e. The lowest BCUT2D eigenvalue weighted by atomic mass is 9.78. The van der Waals surface area contributed by atoms with E-state index in [1.54, 1.807) is 4.90 Å². The molecule has 10 nitrogen and oxygen atoms in total. The summed E-state index contributed by atoms with van der Waals surface area (Å²) in [5.74, 6) is 0.734. The number of anilines is 1. The molecule has 43 heavy (non-hydrogen) atoms. The summed E-state index contributed by atoms with van der Waals surface area (Å²) in [5, 5.41) is 1.33. The van der Waals surface area contributed by atoms with Crippen molar-refractivity contribution in [2.24, 2.45) is 0 Å². The molecule has 5 rings (SSSR count). The number of carbonyl (C=O) groups is 1. The Balaban J connectivity index is 1.52. The quantitative estimate of drug-likeness (QED) is 0.436. The van der Waals surface area contributed by atoms with Crippen LogP contribution < -0.4 is 15.1 Å². The minimum Gasteiger partial charge on any atom is -0.458 e. The lowest BCUT2D eigenvalue weighted by Gasteiger charge is -2.41. The van der Waals surface area contributed by atoms with E-state index in [0.29, 0.717) is 42.2 Å². The van der Waals surface area contributed by atoms with E-state index in [1.807, 2.05) is 60.6 Å². The van der Waals surface area contributed by atoms with Gasteiger partial charge in [0.15, 0.2) is 0 Å². The van der Waals surface area contributed by atoms with Gasteiger partial charge in [0.2, 0.25) is 0 Å². The van der Waals surface area contributed by atoms with Crippen molar-refractivity contribution in [2.45, 2.75) is 110 Å². The molecule has 3 fully saturated rings. The van der Waals surface area contributed by atoms with E-state index in [1.165, 1.54) is 0 Å².